The molecule has 20 heavy (non-hydrogen) atoms. The van der Waals surface area contributed by atoms with Gasteiger partial charge >= 0.3 is 0 Å². The van der Waals surface area contributed by atoms with Gasteiger partial charge in [-0.1, -0.05) is 23.7 Å². The van der Waals surface area contributed by atoms with Crippen molar-refractivity contribution in [1.82, 2.24) is 5.32 Å². The Balaban J connectivity index is 0.00000200. The number of halogens is 2. The molecule has 110 valence electrons. The first-order valence-corrected chi connectivity index (χ1v) is 6.56. The Morgan fingerprint density at radius 1 is 1.45 bits per heavy atom. The summed E-state index contributed by atoms with van der Waals surface area (Å²) in [7, 11) is 0. The van der Waals surface area contributed by atoms with Crippen LogP contribution in [0.4, 0.5) is 5.69 Å². The number of piperidine rings is 1. The van der Waals surface area contributed by atoms with Gasteiger partial charge in [0.1, 0.15) is 6.04 Å². The van der Waals surface area contributed by atoms with Crippen molar-refractivity contribution in [2.45, 2.75) is 18.9 Å². The fourth-order valence-electron chi connectivity index (χ4n) is 2.17. The van der Waals surface area contributed by atoms with Crippen LogP contribution in [-0.2, 0) is 9.59 Å². The first-order chi connectivity index (χ1) is 9.13. The standard InChI is InChI=1S/C13H16ClN3O2.ClH/c14-9-4-1-2-6-11(9)17-7-3-5-10(13(17)19)16-12(18)8-15;/h1-2,4,6,10H,3,5,7-8,15H2,(H,16,18);1H. The van der Waals surface area contributed by atoms with Gasteiger partial charge in [-0.15, -0.1) is 12.4 Å². The van der Waals surface area contributed by atoms with Crippen molar-refractivity contribution in [3.63, 3.8) is 0 Å². The summed E-state index contributed by atoms with van der Waals surface area (Å²) in [6, 6.07) is 6.67. The first-order valence-electron chi connectivity index (χ1n) is 6.19. The zero-order valence-electron chi connectivity index (χ0n) is 10.8. The molecule has 1 fully saturated rings. The van der Waals surface area contributed by atoms with Crippen molar-refractivity contribution in [3.8, 4) is 0 Å². The fourth-order valence-corrected chi connectivity index (χ4v) is 2.41. The number of carbonyl (C=O) groups excluding carboxylic acids is 2. The van der Waals surface area contributed by atoms with Crippen LogP contribution in [0.15, 0.2) is 24.3 Å². The number of rotatable bonds is 3. The number of hydrogen-bond donors (Lipinski definition) is 2. The number of amides is 2. The van der Waals surface area contributed by atoms with E-state index in [1.807, 2.05) is 12.1 Å². The lowest BCUT2D eigenvalue weighted by molar-refractivity contribution is -0.127. The molecule has 3 N–H and O–H groups in total. The highest BCUT2D eigenvalue weighted by molar-refractivity contribution is 6.33. The quantitative estimate of drug-likeness (QED) is 0.883. The number of benzene rings is 1. The highest BCUT2D eigenvalue weighted by Gasteiger charge is 2.31. The maximum Gasteiger partial charge on any atom is 0.249 e. The molecule has 1 unspecified atom stereocenters. The van der Waals surface area contributed by atoms with Crippen molar-refractivity contribution in [1.29, 1.82) is 0 Å². The maximum atomic E-state index is 12.3. The van der Waals surface area contributed by atoms with E-state index in [-0.39, 0.29) is 30.8 Å². The van der Waals surface area contributed by atoms with Gasteiger partial charge in [0, 0.05) is 6.54 Å². The third-order valence-electron chi connectivity index (χ3n) is 3.10. The van der Waals surface area contributed by atoms with Crippen LogP contribution in [0.1, 0.15) is 12.8 Å². The maximum absolute atomic E-state index is 12.3. The van der Waals surface area contributed by atoms with E-state index in [0.29, 0.717) is 23.7 Å². The molecule has 0 aliphatic carbocycles. The molecule has 0 saturated carbocycles. The van der Waals surface area contributed by atoms with Gasteiger partial charge in [0.05, 0.1) is 17.3 Å². The van der Waals surface area contributed by atoms with Gasteiger partial charge in [0.15, 0.2) is 0 Å². The Bertz CT molecular complexity index is 496. The van der Waals surface area contributed by atoms with E-state index in [2.05, 4.69) is 5.32 Å². The van der Waals surface area contributed by atoms with E-state index in [0.717, 1.165) is 6.42 Å². The molecule has 1 atom stereocenters. The lowest BCUT2D eigenvalue weighted by atomic mass is 10.0. The highest BCUT2D eigenvalue weighted by Crippen LogP contribution is 2.28. The lowest BCUT2D eigenvalue weighted by Gasteiger charge is -2.33. The first kappa shape index (κ1) is 16.8. The molecule has 0 spiro atoms. The van der Waals surface area contributed by atoms with Crippen LogP contribution in [0.3, 0.4) is 0 Å². The summed E-state index contributed by atoms with van der Waals surface area (Å²) in [5.41, 5.74) is 5.93. The Labute approximate surface area is 128 Å². The minimum Gasteiger partial charge on any atom is -0.343 e. The average Bonchev–Trinajstić information content (AvgIpc) is 2.42. The van der Waals surface area contributed by atoms with Crippen LogP contribution in [0.2, 0.25) is 5.02 Å². The zero-order valence-corrected chi connectivity index (χ0v) is 12.4. The largest absolute Gasteiger partial charge is 0.343 e. The van der Waals surface area contributed by atoms with Crippen molar-refractivity contribution >= 4 is 41.5 Å². The smallest absolute Gasteiger partial charge is 0.249 e. The molecule has 0 radical (unpaired) electrons. The van der Waals surface area contributed by atoms with Gasteiger partial charge < -0.3 is 16.0 Å². The summed E-state index contributed by atoms with van der Waals surface area (Å²) >= 11 is 6.10. The van der Waals surface area contributed by atoms with Crippen LogP contribution < -0.4 is 16.0 Å². The molecular formula is C13H17Cl2N3O2. The van der Waals surface area contributed by atoms with Crippen molar-refractivity contribution in [2.75, 3.05) is 18.0 Å². The fraction of sp³-hybridized carbons (Fsp3) is 0.385. The van der Waals surface area contributed by atoms with Crippen molar-refractivity contribution in [2.24, 2.45) is 5.73 Å². The van der Waals surface area contributed by atoms with E-state index in [1.165, 1.54) is 0 Å². The van der Waals surface area contributed by atoms with Gasteiger partial charge in [-0.05, 0) is 25.0 Å². The molecule has 2 rings (SSSR count). The predicted molar refractivity (Wildman–Crippen MR) is 81.3 cm³/mol. The summed E-state index contributed by atoms with van der Waals surface area (Å²) < 4.78 is 0. The second-order valence-corrected chi connectivity index (χ2v) is 4.81. The highest BCUT2D eigenvalue weighted by atomic mass is 35.5. The van der Waals surface area contributed by atoms with Gasteiger partial charge in [0.2, 0.25) is 11.8 Å². The van der Waals surface area contributed by atoms with E-state index in [1.54, 1.807) is 17.0 Å². The monoisotopic (exact) mass is 317 g/mol. The van der Waals surface area contributed by atoms with E-state index >= 15 is 0 Å². The average molecular weight is 318 g/mol. The van der Waals surface area contributed by atoms with E-state index in [4.69, 9.17) is 17.3 Å². The number of anilines is 1. The SMILES string of the molecule is Cl.NCC(=O)NC1CCCN(c2ccccc2Cl)C1=O. The van der Waals surface area contributed by atoms with Crippen LogP contribution >= 0.6 is 24.0 Å². The lowest BCUT2D eigenvalue weighted by Crippen LogP contribution is -2.53. The zero-order chi connectivity index (χ0) is 13.8. The van der Waals surface area contributed by atoms with E-state index < -0.39 is 6.04 Å². The number of nitrogens with zero attached hydrogens (tertiary/aromatic N) is 1. The van der Waals surface area contributed by atoms with Crippen molar-refractivity contribution < 1.29 is 9.59 Å². The molecule has 1 aromatic rings. The summed E-state index contributed by atoms with van der Waals surface area (Å²) in [5.74, 6) is -0.458. The predicted octanol–water partition coefficient (Wildman–Crippen LogP) is 1.33. The summed E-state index contributed by atoms with van der Waals surface area (Å²) in [6.07, 6.45) is 1.44. The van der Waals surface area contributed by atoms with Gasteiger partial charge in [-0.2, -0.15) is 0 Å². The Morgan fingerprint density at radius 2 is 2.15 bits per heavy atom. The molecule has 1 aromatic carbocycles. The Kier molecular flexibility index (Phi) is 6.26. The number of hydrogen-bond acceptors (Lipinski definition) is 3. The summed E-state index contributed by atoms with van der Waals surface area (Å²) in [5, 5.41) is 3.17. The third kappa shape index (κ3) is 3.62. The second-order valence-electron chi connectivity index (χ2n) is 4.41. The molecular weight excluding hydrogens is 301 g/mol. The second kappa shape index (κ2) is 7.47. The minimum absolute atomic E-state index is 0. The molecule has 1 saturated heterocycles. The summed E-state index contributed by atoms with van der Waals surface area (Å²) in [4.78, 5) is 25.3. The molecule has 2 amide bonds. The molecule has 0 aromatic heterocycles. The minimum atomic E-state index is -0.513. The Hall–Kier alpha value is -1.30. The topological polar surface area (TPSA) is 75.4 Å². The third-order valence-corrected chi connectivity index (χ3v) is 3.42. The number of para-hydroxylation sites is 1. The van der Waals surface area contributed by atoms with Crippen LogP contribution in [0.5, 0.6) is 0 Å². The normalized spacial score (nSPS) is 18.4. The molecule has 1 heterocycles. The van der Waals surface area contributed by atoms with Gasteiger partial charge in [-0.25, -0.2) is 0 Å². The molecule has 0 bridgehead atoms. The number of carbonyl (C=O) groups is 2. The van der Waals surface area contributed by atoms with Gasteiger partial charge in [-0.3, -0.25) is 9.59 Å². The van der Waals surface area contributed by atoms with Crippen LogP contribution in [0, 0.1) is 0 Å². The number of nitrogens with one attached hydrogen (secondary N) is 1. The van der Waals surface area contributed by atoms with Crippen LogP contribution in [0.25, 0.3) is 0 Å². The molecule has 7 heteroatoms. The molecule has 1 aliphatic heterocycles. The summed E-state index contributed by atoms with van der Waals surface area (Å²) in [6.45, 7) is 0.493. The Morgan fingerprint density at radius 3 is 2.80 bits per heavy atom. The molecule has 1 aliphatic rings. The molecule has 5 nitrogen and oxygen atoms in total. The van der Waals surface area contributed by atoms with Gasteiger partial charge in [0.25, 0.3) is 0 Å². The van der Waals surface area contributed by atoms with E-state index in [9.17, 15) is 9.59 Å². The van der Waals surface area contributed by atoms with Crippen molar-refractivity contribution in [3.05, 3.63) is 29.3 Å². The number of nitrogens with two attached hydrogens (primary N) is 1. The van der Waals surface area contributed by atoms with Crippen LogP contribution in [-0.4, -0.2) is 30.9 Å².